The van der Waals surface area contributed by atoms with Gasteiger partial charge in [-0.3, -0.25) is 0 Å². The van der Waals surface area contributed by atoms with Crippen molar-refractivity contribution in [2.45, 2.75) is 31.3 Å². The lowest BCUT2D eigenvalue weighted by Gasteiger charge is -2.13. The Kier molecular flexibility index (Phi) is 5.08. The maximum absolute atomic E-state index is 6.02. The summed E-state index contributed by atoms with van der Waals surface area (Å²) in [5.74, 6) is 0. The minimum absolute atomic E-state index is 0.0758. The normalized spacial score (nSPS) is 14.5. The van der Waals surface area contributed by atoms with Crippen molar-refractivity contribution in [3.63, 3.8) is 0 Å². The highest BCUT2D eigenvalue weighted by atomic mass is 14.6. The Balaban J connectivity index is 2.30. The van der Waals surface area contributed by atoms with E-state index in [1.807, 2.05) is 18.2 Å². The first-order valence-electron chi connectivity index (χ1n) is 5.40. The van der Waals surface area contributed by atoms with Gasteiger partial charge in [-0.2, -0.15) is 0 Å². The summed E-state index contributed by atoms with van der Waals surface area (Å²) in [6, 6.07) is 10.6. The summed E-state index contributed by atoms with van der Waals surface area (Å²) in [7, 11) is 0. The molecule has 0 amide bonds. The zero-order valence-corrected chi connectivity index (χ0v) is 9.10. The smallest absolute Gasteiger partial charge is 0.0221 e. The Hall–Kier alpha value is -1.12. The summed E-state index contributed by atoms with van der Waals surface area (Å²) < 4.78 is 0. The van der Waals surface area contributed by atoms with E-state index in [0.29, 0.717) is 0 Å². The van der Waals surface area contributed by atoms with Gasteiger partial charge in [0.2, 0.25) is 0 Å². The fraction of sp³-hybridized carbons (Fsp3) is 0.385. The van der Waals surface area contributed by atoms with Crippen LogP contribution >= 0.6 is 0 Å². The van der Waals surface area contributed by atoms with E-state index in [1.165, 1.54) is 5.56 Å². The van der Waals surface area contributed by atoms with Crippen molar-refractivity contribution in [2.75, 3.05) is 0 Å². The predicted molar refractivity (Wildman–Crippen MR) is 65.5 cm³/mol. The number of benzene rings is 1. The van der Waals surface area contributed by atoms with Crippen LogP contribution in [0.3, 0.4) is 0 Å². The molecular weight excluding hydrogens is 184 g/mol. The Bertz CT molecular complexity index is 282. The highest BCUT2D eigenvalue weighted by Crippen LogP contribution is 2.06. The summed E-state index contributed by atoms with van der Waals surface area (Å²) >= 11 is 0. The van der Waals surface area contributed by atoms with Gasteiger partial charge in [0.25, 0.3) is 0 Å². The second-order valence-corrected chi connectivity index (χ2v) is 3.93. The molecule has 0 spiro atoms. The highest BCUT2D eigenvalue weighted by Gasteiger charge is 2.05. The minimum Gasteiger partial charge on any atom is -0.327 e. The zero-order valence-electron chi connectivity index (χ0n) is 9.10. The van der Waals surface area contributed by atoms with Gasteiger partial charge < -0.3 is 11.5 Å². The summed E-state index contributed by atoms with van der Waals surface area (Å²) in [6.45, 7) is 3.66. The van der Waals surface area contributed by atoms with E-state index >= 15 is 0 Å². The predicted octanol–water partition coefficient (Wildman–Crippen LogP) is 1.85. The van der Waals surface area contributed by atoms with E-state index in [1.54, 1.807) is 6.08 Å². The van der Waals surface area contributed by atoms with Gasteiger partial charge in [-0.25, -0.2) is 0 Å². The van der Waals surface area contributed by atoms with Gasteiger partial charge >= 0.3 is 0 Å². The highest BCUT2D eigenvalue weighted by molar-refractivity contribution is 5.15. The van der Waals surface area contributed by atoms with Crippen LogP contribution in [0.1, 0.15) is 18.4 Å². The van der Waals surface area contributed by atoms with Crippen LogP contribution < -0.4 is 11.5 Å². The van der Waals surface area contributed by atoms with Crippen LogP contribution in [0.5, 0.6) is 0 Å². The van der Waals surface area contributed by atoms with Crippen molar-refractivity contribution in [1.82, 2.24) is 0 Å². The van der Waals surface area contributed by atoms with E-state index in [9.17, 15) is 0 Å². The van der Waals surface area contributed by atoms with Crippen molar-refractivity contribution in [3.8, 4) is 0 Å². The first-order chi connectivity index (χ1) is 7.22. The van der Waals surface area contributed by atoms with Crippen LogP contribution in [0.4, 0.5) is 0 Å². The molecule has 2 nitrogen and oxygen atoms in total. The third kappa shape index (κ3) is 4.77. The monoisotopic (exact) mass is 204 g/mol. The molecule has 2 unspecified atom stereocenters. The van der Waals surface area contributed by atoms with Crippen molar-refractivity contribution in [1.29, 1.82) is 0 Å². The molecule has 0 radical (unpaired) electrons. The fourth-order valence-electron chi connectivity index (χ4n) is 1.54. The maximum atomic E-state index is 6.02. The molecular formula is C13H20N2. The van der Waals surface area contributed by atoms with Gasteiger partial charge in [0, 0.05) is 12.1 Å². The molecule has 2 heteroatoms. The van der Waals surface area contributed by atoms with Crippen molar-refractivity contribution >= 4 is 0 Å². The third-order valence-corrected chi connectivity index (χ3v) is 2.51. The Labute approximate surface area is 92.0 Å². The first kappa shape index (κ1) is 12.0. The molecule has 15 heavy (non-hydrogen) atoms. The molecule has 1 aromatic rings. The third-order valence-electron chi connectivity index (χ3n) is 2.51. The van der Waals surface area contributed by atoms with Gasteiger partial charge in [-0.1, -0.05) is 36.4 Å². The van der Waals surface area contributed by atoms with Gasteiger partial charge in [0.15, 0.2) is 0 Å². The SMILES string of the molecule is C=CC(N)CCC(N)Cc1ccccc1. The number of nitrogens with two attached hydrogens (primary N) is 2. The van der Waals surface area contributed by atoms with Crippen LogP contribution in [-0.4, -0.2) is 12.1 Å². The number of hydrogen-bond donors (Lipinski definition) is 2. The number of rotatable bonds is 6. The average molecular weight is 204 g/mol. The molecule has 0 aliphatic rings. The van der Waals surface area contributed by atoms with Crippen molar-refractivity contribution in [3.05, 3.63) is 48.6 Å². The summed E-state index contributed by atoms with van der Waals surface area (Å²) in [6.07, 6.45) is 4.56. The molecule has 4 N–H and O–H groups in total. The molecule has 0 fully saturated rings. The Morgan fingerprint density at radius 2 is 1.80 bits per heavy atom. The molecule has 0 bridgehead atoms. The molecule has 0 heterocycles. The molecule has 82 valence electrons. The lowest BCUT2D eigenvalue weighted by Crippen LogP contribution is -2.26. The van der Waals surface area contributed by atoms with Gasteiger partial charge in [-0.15, -0.1) is 6.58 Å². The van der Waals surface area contributed by atoms with E-state index in [4.69, 9.17) is 11.5 Å². The molecule has 0 saturated heterocycles. The van der Waals surface area contributed by atoms with Crippen LogP contribution in [0, 0.1) is 0 Å². The van der Waals surface area contributed by atoms with Crippen LogP contribution in [0.15, 0.2) is 43.0 Å². The molecule has 0 saturated carbocycles. The Morgan fingerprint density at radius 3 is 2.40 bits per heavy atom. The van der Waals surface area contributed by atoms with Gasteiger partial charge in [-0.05, 0) is 24.8 Å². The molecule has 0 aliphatic carbocycles. The van der Waals surface area contributed by atoms with E-state index in [-0.39, 0.29) is 12.1 Å². The summed E-state index contributed by atoms with van der Waals surface area (Å²) in [4.78, 5) is 0. The van der Waals surface area contributed by atoms with E-state index < -0.39 is 0 Å². The fourth-order valence-corrected chi connectivity index (χ4v) is 1.54. The van der Waals surface area contributed by atoms with Crippen molar-refractivity contribution < 1.29 is 0 Å². The topological polar surface area (TPSA) is 52.0 Å². The summed E-state index contributed by atoms with van der Waals surface area (Å²) in [5.41, 5.74) is 13.0. The second-order valence-electron chi connectivity index (χ2n) is 3.93. The first-order valence-corrected chi connectivity index (χ1v) is 5.40. The van der Waals surface area contributed by atoms with Gasteiger partial charge in [0.05, 0.1) is 0 Å². The molecule has 1 aromatic carbocycles. The van der Waals surface area contributed by atoms with E-state index in [0.717, 1.165) is 19.3 Å². The lowest BCUT2D eigenvalue weighted by atomic mass is 10.0. The molecule has 0 aliphatic heterocycles. The zero-order chi connectivity index (χ0) is 11.1. The van der Waals surface area contributed by atoms with Crippen LogP contribution in [0.2, 0.25) is 0 Å². The largest absolute Gasteiger partial charge is 0.327 e. The van der Waals surface area contributed by atoms with E-state index in [2.05, 4.69) is 18.7 Å². The minimum atomic E-state index is 0.0758. The van der Waals surface area contributed by atoms with Gasteiger partial charge in [0.1, 0.15) is 0 Å². The van der Waals surface area contributed by atoms with Crippen molar-refractivity contribution in [2.24, 2.45) is 11.5 Å². The summed E-state index contributed by atoms with van der Waals surface area (Å²) in [5, 5.41) is 0. The van der Waals surface area contributed by atoms with Crippen LogP contribution in [-0.2, 0) is 6.42 Å². The average Bonchev–Trinajstić information content (AvgIpc) is 2.27. The molecule has 0 aromatic heterocycles. The standard InChI is InChI=1S/C13H20N2/c1-2-12(14)8-9-13(15)10-11-6-4-3-5-7-11/h2-7,12-13H,1,8-10,14-15H2. The molecule has 1 rings (SSSR count). The maximum Gasteiger partial charge on any atom is 0.0221 e. The Morgan fingerprint density at radius 1 is 1.13 bits per heavy atom. The lowest BCUT2D eigenvalue weighted by molar-refractivity contribution is 0.555. The van der Waals surface area contributed by atoms with Crippen LogP contribution in [0.25, 0.3) is 0 Å². The quantitative estimate of drug-likeness (QED) is 0.695. The molecule has 2 atom stereocenters. The second kappa shape index (κ2) is 6.38. The number of hydrogen-bond acceptors (Lipinski definition) is 2.